The fourth-order valence-electron chi connectivity index (χ4n) is 2.88. The molecular weight excluding hydrogens is 340 g/mol. The van der Waals surface area contributed by atoms with Crippen LogP contribution in [0.1, 0.15) is 32.8 Å². The molecule has 2 amide bonds. The molecule has 0 unspecified atom stereocenters. The maximum atomic E-state index is 12.5. The molecule has 0 N–H and O–H groups in total. The van der Waals surface area contributed by atoms with Gasteiger partial charge in [-0.3, -0.25) is 9.59 Å². The highest BCUT2D eigenvalue weighted by molar-refractivity contribution is 6.32. The highest BCUT2D eigenvalue weighted by atomic mass is 35.5. The number of ether oxygens (including phenoxy) is 1. The van der Waals surface area contributed by atoms with Gasteiger partial charge in [-0.2, -0.15) is 0 Å². The van der Waals surface area contributed by atoms with Crippen molar-refractivity contribution >= 4 is 23.4 Å². The van der Waals surface area contributed by atoms with Gasteiger partial charge in [-0.25, -0.2) is 0 Å². The van der Waals surface area contributed by atoms with Crippen molar-refractivity contribution in [1.29, 1.82) is 0 Å². The molecule has 0 aliphatic carbocycles. The quantitative estimate of drug-likeness (QED) is 0.823. The lowest BCUT2D eigenvalue weighted by molar-refractivity contribution is -0.140. The van der Waals surface area contributed by atoms with Crippen LogP contribution < -0.4 is 4.74 Å². The predicted octanol–water partition coefficient (Wildman–Crippen LogP) is 3.00. The number of piperazine rings is 1. The number of hydrogen-bond donors (Lipinski definition) is 0. The minimum absolute atomic E-state index is 0.0162. The van der Waals surface area contributed by atoms with Crippen molar-refractivity contribution in [2.75, 3.05) is 33.3 Å². The second-order valence-corrected chi connectivity index (χ2v) is 8.05. The molecule has 1 aromatic carbocycles. The number of halogens is 1. The standard InChI is InChI=1S/C19H27ClN2O3/c1-19(2,3)13-18(24)22-9-7-21(8-10-22)17(23)12-14-5-6-16(25-4)15(20)11-14/h5-6,11H,7-10,12-13H2,1-4H3. The van der Waals surface area contributed by atoms with E-state index in [4.69, 9.17) is 16.3 Å². The lowest BCUT2D eigenvalue weighted by atomic mass is 9.91. The smallest absolute Gasteiger partial charge is 0.227 e. The zero-order valence-corrected chi connectivity index (χ0v) is 16.2. The van der Waals surface area contributed by atoms with Gasteiger partial charge in [0.15, 0.2) is 0 Å². The Labute approximate surface area is 154 Å². The largest absolute Gasteiger partial charge is 0.495 e. The first-order chi connectivity index (χ1) is 11.7. The second-order valence-electron chi connectivity index (χ2n) is 7.64. The molecule has 2 rings (SSSR count). The maximum Gasteiger partial charge on any atom is 0.227 e. The summed E-state index contributed by atoms with van der Waals surface area (Å²) < 4.78 is 5.13. The number of hydrogen-bond acceptors (Lipinski definition) is 3. The zero-order valence-electron chi connectivity index (χ0n) is 15.5. The molecule has 6 heteroatoms. The van der Waals surface area contributed by atoms with Crippen LogP contribution in [0.3, 0.4) is 0 Å². The molecule has 0 aromatic heterocycles. The molecule has 1 saturated heterocycles. The van der Waals surface area contributed by atoms with Crippen LogP contribution >= 0.6 is 11.6 Å². The fourth-order valence-corrected chi connectivity index (χ4v) is 3.16. The molecule has 1 heterocycles. The molecule has 1 aliphatic heterocycles. The van der Waals surface area contributed by atoms with E-state index >= 15 is 0 Å². The van der Waals surface area contributed by atoms with Crippen molar-refractivity contribution < 1.29 is 14.3 Å². The molecule has 0 radical (unpaired) electrons. The summed E-state index contributed by atoms with van der Waals surface area (Å²) in [6, 6.07) is 5.39. The Morgan fingerprint density at radius 1 is 1.08 bits per heavy atom. The third-order valence-corrected chi connectivity index (χ3v) is 4.53. The van der Waals surface area contributed by atoms with Crippen molar-refractivity contribution in [1.82, 2.24) is 9.80 Å². The van der Waals surface area contributed by atoms with Gasteiger partial charge in [-0.15, -0.1) is 0 Å². The Hall–Kier alpha value is -1.75. The van der Waals surface area contributed by atoms with E-state index in [0.29, 0.717) is 49.8 Å². The molecule has 0 saturated carbocycles. The van der Waals surface area contributed by atoms with E-state index < -0.39 is 0 Å². The van der Waals surface area contributed by atoms with E-state index in [0.717, 1.165) is 5.56 Å². The van der Waals surface area contributed by atoms with Crippen molar-refractivity contribution in [3.63, 3.8) is 0 Å². The maximum absolute atomic E-state index is 12.5. The average Bonchev–Trinajstić information content (AvgIpc) is 2.53. The number of carbonyl (C=O) groups is 2. The van der Waals surface area contributed by atoms with Crippen LogP contribution in [0.4, 0.5) is 0 Å². The van der Waals surface area contributed by atoms with Gasteiger partial charge >= 0.3 is 0 Å². The first kappa shape index (κ1) is 19.6. The number of rotatable bonds is 4. The molecule has 0 atom stereocenters. The molecule has 0 bridgehead atoms. The van der Waals surface area contributed by atoms with E-state index in [1.165, 1.54) is 0 Å². The van der Waals surface area contributed by atoms with Crippen molar-refractivity contribution in [3.8, 4) is 5.75 Å². The van der Waals surface area contributed by atoms with Crippen LogP contribution in [-0.2, 0) is 16.0 Å². The second kappa shape index (κ2) is 8.09. The molecule has 1 aliphatic rings. The first-order valence-electron chi connectivity index (χ1n) is 8.57. The van der Waals surface area contributed by atoms with Crippen LogP contribution in [0.25, 0.3) is 0 Å². The molecule has 0 spiro atoms. The summed E-state index contributed by atoms with van der Waals surface area (Å²) in [7, 11) is 1.56. The van der Waals surface area contributed by atoms with E-state index in [9.17, 15) is 9.59 Å². The molecule has 25 heavy (non-hydrogen) atoms. The highest BCUT2D eigenvalue weighted by Crippen LogP contribution is 2.25. The third kappa shape index (κ3) is 5.63. The summed E-state index contributed by atoms with van der Waals surface area (Å²) in [6.07, 6.45) is 0.838. The van der Waals surface area contributed by atoms with Gasteiger partial charge in [0.25, 0.3) is 0 Å². The Bertz CT molecular complexity index is 632. The summed E-state index contributed by atoms with van der Waals surface area (Å²) in [4.78, 5) is 28.4. The number of carbonyl (C=O) groups excluding carboxylic acids is 2. The van der Waals surface area contributed by atoms with Crippen molar-refractivity contribution in [3.05, 3.63) is 28.8 Å². The molecule has 1 fully saturated rings. The summed E-state index contributed by atoms with van der Waals surface area (Å²) in [6.45, 7) is 8.55. The highest BCUT2D eigenvalue weighted by Gasteiger charge is 2.26. The Morgan fingerprint density at radius 2 is 1.64 bits per heavy atom. The Balaban J connectivity index is 1.87. The number of amides is 2. The zero-order chi connectivity index (χ0) is 18.6. The average molecular weight is 367 g/mol. The topological polar surface area (TPSA) is 49.9 Å². The van der Waals surface area contributed by atoms with Crippen LogP contribution in [0.15, 0.2) is 18.2 Å². The van der Waals surface area contributed by atoms with E-state index in [-0.39, 0.29) is 17.2 Å². The molecular formula is C19H27ClN2O3. The van der Waals surface area contributed by atoms with Crippen LogP contribution in [0, 0.1) is 5.41 Å². The van der Waals surface area contributed by atoms with Crippen LogP contribution in [-0.4, -0.2) is 54.9 Å². The van der Waals surface area contributed by atoms with Gasteiger partial charge in [0.2, 0.25) is 11.8 Å². The predicted molar refractivity (Wildman–Crippen MR) is 98.9 cm³/mol. The summed E-state index contributed by atoms with van der Waals surface area (Å²) >= 11 is 6.11. The van der Waals surface area contributed by atoms with Crippen molar-refractivity contribution in [2.45, 2.75) is 33.6 Å². The number of benzene rings is 1. The number of methoxy groups -OCH3 is 1. The van der Waals surface area contributed by atoms with Gasteiger partial charge in [0.05, 0.1) is 18.6 Å². The van der Waals surface area contributed by atoms with Crippen LogP contribution in [0.2, 0.25) is 5.02 Å². The van der Waals surface area contributed by atoms with Gasteiger partial charge < -0.3 is 14.5 Å². The monoisotopic (exact) mass is 366 g/mol. The SMILES string of the molecule is COc1ccc(CC(=O)N2CCN(C(=O)CC(C)(C)C)CC2)cc1Cl. The Kier molecular flexibility index (Phi) is 6.33. The molecule has 5 nitrogen and oxygen atoms in total. The van der Waals surface area contributed by atoms with Gasteiger partial charge in [-0.05, 0) is 23.1 Å². The van der Waals surface area contributed by atoms with Gasteiger partial charge in [0, 0.05) is 32.6 Å². The van der Waals surface area contributed by atoms with Gasteiger partial charge in [-0.1, -0.05) is 38.4 Å². The normalized spacial score (nSPS) is 15.2. The first-order valence-corrected chi connectivity index (χ1v) is 8.95. The summed E-state index contributed by atoms with van der Waals surface area (Å²) in [5.41, 5.74) is 0.847. The third-order valence-electron chi connectivity index (χ3n) is 4.24. The summed E-state index contributed by atoms with van der Waals surface area (Å²) in [5, 5.41) is 0.505. The lowest BCUT2D eigenvalue weighted by Gasteiger charge is -2.36. The lowest BCUT2D eigenvalue weighted by Crippen LogP contribution is -2.51. The minimum atomic E-state index is -0.0162. The van der Waals surface area contributed by atoms with E-state index in [2.05, 4.69) is 20.8 Å². The van der Waals surface area contributed by atoms with E-state index in [1.807, 2.05) is 15.9 Å². The van der Waals surface area contributed by atoms with Gasteiger partial charge in [0.1, 0.15) is 5.75 Å². The van der Waals surface area contributed by atoms with Crippen molar-refractivity contribution in [2.24, 2.45) is 5.41 Å². The van der Waals surface area contributed by atoms with Crippen LogP contribution in [0.5, 0.6) is 5.75 Å². The minimum Gasteiger partial charge on any atom is -0.495 e. The molecule has 138 valence electrons. The number of nitrogens with zero attached hydrogens (tertiary/aromatic N) is 2. The summed E-state index contributed by atoms with van der Waals surface area (Å²) in [5.74, 6) is 0.828. The molecule has 1 aromatic rings. The van der Waals surface area contributed by atoms with E-state index in [1.54, 1.807) is 19.2 Å². The fraction of sp³-hybridized carbons (Fsp3) is 0.579. The Morgan fingerprint density at radius 3 is 2.12 bits per heavy atom.